The Bertz CT molecular complexity index is 269. The molecule has 20 heavy (non-hydrogen) atoms. The van der Waals surface area contributed by atoms with Crippen LogP contribution in [0.3, 0.4) is 0 Å². The molecule has 0 aliphatic rings. The molecule has 0 aromatic heterocycles. The lowest BCUT2D eigenvalue weighted by molar-refractivity contribution is -0.143. The molecule has 0 bridgehead atoms. The molecule has 0 heterocycles. The summed E-state index contributed by atoms with van der Waals surface area (Å²) in [5.41, 5.74) is 0. The Morgan fingerprint density at radius 2 is 1.85 bits per heavy atom. The average Bonchev–Trinajstić information content (AvgIpc) is 2.48. The first-order chi connectivity index (χ1) is 9.57. The fraction of sp³-hybridized carbons (Fsp3) is 0.800. The van der Waals surface area contributed by atoms with E-state index in [0.717, 1.165) is 44.2 Å². The molecule has 5 heteroatoms. The van der Waals surface area contributed by atoms with Crippen LogP contribution in [0.25, 0.3) is 0 Å². The number of carbonyl (C=O) groups is 1. The van der Waals surface area contributed by atoms with E-state index in [4.69, 9.17) is 13.6 Å². The molecular weight excluding hydrogens is 272 g/mol. The second kappa shape index (κ2) is 11.1. The maximum Gasteiger partial charge on any atom is 0.337 e. The second-order valence-corrected chi connectivity index (χ2v) is 8.81. The summed E-state index contributed by atoms with van der Waals surface area (Å²) < 4.78 is 16.6. The van der Waals surface area contributed by atoms with Crippen LogP contribution in [0.1, 0.15) is 46.0 Å². The lowest BCUT2D eigenvalue weighted by atomic mass is 10.1. The van der Waals surface area contributed by atoms with Gasteiger partial charge in [0.05, 0.1) is 0 Å². The minimum atomic E-state index is -2.11. The summed E-state index contributed by atoms with van der Waals surface area (Å²) in [6.07, 6.45) is 6.26. The van der Waals surface area contributed by atoms with Gasteiger partial charge in [-0.1, -0.05) is 33.3 Å². The van der Waals surface area contributed by atoms with E-state index < -0.39 is 8.56 Å². The van der Waals surface area contributed by atoms with E-state index >= 15 is 0 Å². The van der Waals surface area contributed by atoms with Crippen molar-refractivity contribution in [1.82, 2.24) is 0 Å². The Morgan fingerprint density at radius 3 is 2.30 bits per heavy atom. The van der Waals surface area contributed by atoms with Crippen molar-refractivity contribution in [2.75, 3.05) is 14.2 Å². The quantitative estimate of drug-likeness (QED) is 0.238. The Labute approximate surface area is 124 Å². The molecule has 0 aliphatic heterocycles. The van der Waals surface area contributed by atoms with E-state index in [-0.39, 0.29) is 12.1 Å². The summed E-state index contributed by atoms with van der Waals surface area (Å²) in [7, 11) is 1.31. The van der Waals surface area contributed by atoms with Crippen LogP contribution in [0.15, 0.2) is 12.7 Å². The summed E-state index contributed by atoms with van der Waals surface area (Å²) in [6.45, 7) is 7.70. The highest BCUT2D eigenvalue weighted by atomic mass is 28.4. The molecule has 0 amide bonds. The Balaban J connectivity index is 4.45. The van der Waals surface area contributed by atoms with Crippen LogP contribution >= 0.6 is 0 Å². The van der Waals surface area contributed by atoms with E-state index in [1.54, 1.807) is 14.2 Å². The lowest BCUT2D eigenvalue weighted by Gasteiger charge is -2.28. The van der Waals surface area contributed by atoms with Gasteiger partial charge in [-0.2, -0.15) is 0 Å². The largest absolute Gasteiger partial charge is 0.459 e. The van der Waals surface area contributed by atoms with E-state index in [1.807, 2.05) is 0 Å². The lowest BCUT2D eigenvalue weighted by Crippen LogP contribution is -2.40. The van der Waals surface area contributed by atoms with Crippen molar-refractivity contribution in [1.29, 1.82) is 0 Å². The Morgan fingerprint density at radius 1 is 1.20 bits per heavy atom. The van der Waals surface area contributed by atoms with Crippen LogP contribution in [-0.4, -0.2) is 34.9 Å². The molecule has 1 atom stereocenters. The number of hydrogen-bond acceptors (Lipinski definition) is 4. The van der Waals surface area contributed by atoms with Crippen LogP contribution in [0.4, 0.5) is 0 Å². The smallest absolute Gasteiger partial charge is 0.337 e. The van der Waals surface area contributed by atoms with Crippen LogP contribution in [0.2, 0.25) is 12.1 Å². The number of unbranched alkanes of at least 4 members (excludes halogenated alkanes) is 2. The van der Waals surface area contributed by atoms with Crippen molar-refractivity contribution in [3.05, 3.63) is 12.7 Å². The average molecular weight is 302 g/mol. The topological polar surface area (TPSA) is 44.8 Å². The third kappa shape index (κ3) is 7.22. The SMILES string of the molecule is C=CC(=O)OC(CCCCC)CC[Si](CC)(OC)OC. The highest BCUT2D eigenvalue weighted by Gasteiger charge is 2.34. The minimum Gasteiger partial charge on any atom is -0.459 e. The predicted molar refractivity (Wildman–Crippen MR) is 83.9 cm³/mol. The Kier molecular flexibility index (Phi) is 10.7. The first-order valence-corrected chi connectivity index (χ1v) is 9.73. The van der Waals surface area contributed by atoms with Crippen molar-refractivity contribution >= 4 is 14.5 Å². The van der Waals surface area contributed by atoms with Gasteiger partial charge in [0.2, 0.25) is 0 Å². The third-order valence-electron chi connectivity index (χ3n) is 3.71. The van der Waals surface area contributed by atoms with E-state index in [2.05, 4.69) is 20.4 Å². The zero-order valence-corrected chi connectivity index (χ0v) is 14.4. The first kappa shape index (κ1) is 19.3. The van der Waals surface area contributed by atoms with Gasteiger partial charge < -0.3 is 13.6 Å². The molecule has 118 valence electrons. The molecule has 0 fully saturated rings. The standard InChI is InChI=1S/C15H30O4Si/c1-6-9-10-11-14(19-15(16)7-2)12-13-20(8-3,17-4)18-5/h7,14H,2,6,8-13H2,1,3-5H3. The van der Waals surface area contributed by atoms with E-state index in [0.29, 0.717) is 0 Å². The van der Waals surface area contributed by atoms with E-state index in [1.165, 1.54) is 6.08 Å². The van der Waals surface area contributed by atoms with Crippen molar-refractivity contribution in [2.45, 2.75) is 64.1 Å². The molecule has 0 saturated carbocycles. The summed E-state index contributed by atoms with van der Waals surface area (Å²) in [4.78, 5) is 11.4. The number of ether oxygens (including phenoxy) is 1. The first-order valence-electron chi connectivity index (χ1n) is 7.50. The van der Waals surface area contributed by atoms with Gasteiger partial charge in [-0.25, -0.2) is 4.79 Å². The van der Waals surface area contributed by atoms with Gasteiger partial charge in [-0.05, 0) is 31.4 Å². The van der Waals surface area contributed by atoms with Crippen molar-refractivity contribution in [3.8, 4) is 0 Å². The molecule has 0 N–H and O–H groups in total. The number of carbonyl (C=O) groups excluding carboxylic acids is 1. The molecule has 0 aromatic carbocycles. The monoisotopic (exact) mass is 302 g/mol. The van der Waals surface area contributed by atoms with Crippen molar-refractivity contribution in [2.24, 2.45) is 0 Å². The maximum atomic E-state index is 11.4. The van der Waals surface area contributed by atoms with Gasteiger partial charge in [0, 0.05) is 20.3 Å². The molecular formula is C15H30O4Si. The van der Waals surface area contributed by atoms with Crippen LogP contribution in [-0.2, 0) is 18.4 Å². The number of hydrogen-bond donors (Lipinski definition) is 0. The van der Waals surface area contributed by atoms with Gasteiger partial charge in [0.15, 0.2) is 0 Å². The Hall–Kier alpha value is -0.653. The molecule has 0 aliphatic carbocycles. The summed E-state index contributed by atoms with van der Waals surface area (Å²) in [5, 5.41) is 0. The zero-order chi connectivity index (χ0) is 15.4. The summed E-state index contributed by atoms with van der Waals surface area (Å²) in [5.74, 6) is -0.343. The van der Waals surface area contributed by atoms with Crippen LogP contribution in [0, 0.1) is 0 Å². The molecule has 4 nitrogen and oxygen atoms in total. The fourth-order valence-corrected chi connectivity index (χ4v) is 4.50. The van der Waals surface area contributed by atoms with Crippen molar-refractivity contribution in [3.63, 3.8) is 0 Å². The van der Waals surface area contributed by atoms with Crippen LogP contribution in [0.5, 0.6) is 0 Å². The summed E-state index contributed by atoms with van der Waals surface area (Å²) in [6, 6.07) is 1.74. The normalized spacial score (nSPS) is 13.0. The number of esters is 1. The molecule has 0 spiro atoms. The molecule has 0 aromatic rings. The maximum absolute atomic E-state index is 11.4. The zero-order valence-electron chi connectivity index (χ0n) is 13.4. The fourth-order valence-electron chi connectivity index (χ4n) is 2.23. The second-order valence-electron chi connectivity index (χ2n) is 4.97. The third-order valence-corrected chi connectivity index (χ3v) is 7.32. The highest BCUT2D eigenvalue weighted by molar-refractivity contribution is 6.67. The summed E-state index contributed by atoms with van der Waals surface area (Å²) >= 11 is 0. The van der Waals surface area contributed by atoms with Gasteiger partial charge in [0.25, 0.3) is 0 Å². The van der Waals surface area contributed by atoms with Crippen molar-refractivity contribution < 1.29 is 18.4 Å². The minimum absolute atomic E-state index is 0.0595. The van der Waals surface area contributed by atoms with E-state index in [9.17, 15) is 4.79 Å². The molecule has 0 saturated heterocycles. The molecule has 1 unspecified atom stereocenters. The predicted octanol–water partition coefficient (Wildman–Crippen LogP) is 3.81. The van der Waals surface area contributed by atoms with Gasteiger partial charge in [0.1, 0.15) is 6.10 Å². The van der Waals surface area contributed by atoms with Gasteiger partial charge >= 0.3 is 14.5 Å². The molecule has 0 radical (unpaired) electrons. The van der Waals surface area contributed by atoms with Gasteiger partial charge in [-0.15, -0.1) is 0 Å². The van der Waals surface area contributed by atoms with Gasteiger partial charge in [-0.3, -0.25) is 0 Å². The highest BCUT2D eigenvalue weighted by Crippen LogP contribution is 2.23. The number of rotatable bonds is 12. The molecule has 0 rings (SSSR count). The van der Waals surface area contributed by atoms with Crippen LogP contribution < -0.4 is 0 Å².